The average Bonchev–Trinajstić information content (AvgIpc) is 2.91. The third-order valence-electron chi connectivity index (χ3n) is 7.85. The summed E-state index contributed by atoms with van der Waals surface area (Å²) in [6.45, 7) is 7.47. The maximum Gasteiger partial charge on any atom is 0.416 e. The van der Waals surface area contributed by atoms with Crippen LogP contribution in [0.15, 0.2) is 48.5 Å². The summed E-state index contributed by atoms with van der Waals surface area (Å²) in [7, 11) is 0. The second-order valence-corrected chi connectivity index (χ2v) is 10.2. The summed E-state index contributed by atoms with van der Waals surface area (Å²) in [5, 5.41) is 3.09. The van der Waals surface area contributed by atoms with Gasteiger partial charge in [-0.2, -0.15) is 13.2 Å². The Morgan fingerprint density at radius 3 is 2.51 bits per heavy atom. The highest BCUT2D eigenvalue weighted by Crippen LogP contribution is 2.39. The van der Waals surface area contributed by atoms with Crippen molar-refractivity contribution in [2.24, 2.45) is 5.92 Å². The lowest BCUT2D eigenvalue weighted by atomic mass is 9.82. The monoisotopic (exact) mass is 516 g/mol. The van der Waals surface area contributed by atoms with Crippen molar-refractivity contribution < 1.29 is 22.7 Å². The van der Waals surface area contributed by atoms with E-state index in [-0.39, 0.29) is 11.9 Å². The zero-order chi connectivity index (χ0) is 25.8. The smallest absolute Gasteiger partial charge is 0.379 e. The quantitative estimate of drug-likeness (QED) is 0.613. The van der Waals surface area contributed by atoms with Gasteiger partial charge in [0.1, 0.15) is 0 Å². The van der Waals surface area contributed by atoms with Crippen LogP contribution in [0.1, 0.15) is 16.7 Å². The maximum absolute atomic E-state index is 13.5. The first-order chi connectivity index (χ1) is 17.9. The Labute approximate surface area is 216 Å². The van der Waals surface area contributed by atoms with Gasteiger partial charge in [-0.15, -0.1) is 0 Å². The molecule has 3 heterocycles. The number of carbonyl (C=O) groups excluding carboxylic acids is 1. The Kier molecular flexibility index (Phi) is 8.02. The molecule has 200 valence electrons. The van der Waals surface area contributed by atoms with Crippen molar-refractivity contribution in [3.8, 4) is 0 Å². The Morgan fingerprint density at radius 2 is 1.76 bits per heavy atom. The molecule has 2 atom stereocenters. The predicted molar refractivity (Wildman–Crippen MR) is 137 cm³/mol. The van der Waals surface area contributed by atoms with E-state index in [0.717, 1.165) is 51.4 Å². The molecule has 3 aliphatic heterocycles. The normalized spacial score (nSPS) is 22.8. The van der Waals surface area contributed by atoms with E-state index in [1.54, 1.807) is 6.07 Å². The van der Waals surface area contributed by atoms with Crippen molar-refractivity contribution in [1.29, 1.82) is 0 Å². The molecule has 37 heavy (non-hydrogen) atoms. The van der Waals surface area contributed by atoms with E-state index in [2.05, 4.69) is 32.1 Å². The molecule has 2 aromatic rings. The maximum atomic E-state index is 13.5. The molecule has 9 heteroatoms. The van der Waals surface area contributed by atoms with Crippen molar-refractivity contribution in [3.63, 3.8) is 0 Å². The Hall–Kier alpha value is -2.62. The number of halogens is 3. The number of ether oxygens (including phenoxy) is 1. The number of piperazine rings is 1. The average molecular weight is 517 g/mol. The minimum Gasteiger partial charge on any atom is -0.379 e. The van der Waals surface area contributed by atoms with Crippen LogP contribution >= 0.6 is 0 Å². The lowest BCUT2D eigenvalue weighted by Gasteiger charge is -2.49. The van der Waals surface area contributed by atoms with Crippen molar-refractivity contribution in [2.75, 3.05) is 70.5 Å². The van der Waals surface area contributed by atoms with Crippen LogP contribution in [0.25, 0.3) is 0 Å². The fourth-order valence-electron chi connectivity index (χ4n) is 5.79. The van der Waals surface area contributed by atoms with Gasteiger partial charge in [-0.25, -0.2) is 0 Å². The number of carbonyl (C=O) groups is 1. The number of nitrogens with one attached hydrogen (secondary N) is 1. The van der Waals surface area contributed by atoms with E-state index in [4.69, 9.17) is 4.74 Å². The molecule has 0 spiro atoms. The van der Waals surface area contributed by atoms with Gasteiger partial charge in [0.25, 0.3) is 0 Å². The van der Waals surface area contributed by atoms with E-state index < -0.39 is 17.7 Å². The van der Waals surface area contributed by atoms with Crippen molar-refractivity contribution in [2.45, 2.75) is 25.1 Å². The topological polar surface area (TPSA) is 48.1 Å². The molecule has 0 radical (unpaired) electrons. The van der Waals surface area contributed by atoms with Crippen LogP contribution in [-0.2, 0) is 28.5 Å². The van der Waals surface area contributed by atoms with Gasteiger partial charge in [0, 0.05) is 58.0 Å². The summed E-state index contributed by atoms with van der Waals surface area (Å²) in [4.78, 5) is 20.3. The first-order valence-electron chi connectivity index (χ1n) is 13.2. The second kappa shape index (κ2) is 11.4. The number of rotatable bonds is 7. The third kappa shape index (κ3) is 6.27. The van der Waals surface area contributed by atoms with E-state index in [0.29, 0.717) is 38.3 Å². The van der Waals surface area contributed by atoms with Gasteiger partial charge >= 0.3 is 6.18 Å². The largest absolute Gasteiger partial charge is 0.416 e. The van der Waals surface area contributed by atoms with Crippen LogP contribution in [0, 0.1) is 5.92 Å². The van der Waals surface area contributed by atoms with Gasteiger partial charge in [0.15, 0.2) is 0 Å². The minimum atomic E-state index is -4.40. The highest BCUT2D eigenvalue weighted by atomic mass is 19.4. The lowest BCUT2D eigenvalue weighted by Crippen LogP contribution is -2.61. The van der Waals surface area contributed by atoms with E-state index in [9.17, 15) is 18.0 Å². The molecule has 6 nitrogen and oxygen atoms in total. The number of morpholine rings is 1. The highest BCUT2D eigenvalue weighted by molar-refractivity contribution is 5.82. The molecule has 1 N–H and O–H groups in total. The fourth-order valence-corrected chi connectivity index (χ4v) is 5.79. The van der Waals surface area contributed by atoms with Crippen molar-refractivity contribution in [3.05, 3.63) is 65.2 Å². The predicted octanol–water partition coefficient (Wildman–Crippen LogP) is 3.06. The van der Waals surface area contributed by atoms with Crippen LogP contribution in [-0.4, -0.2) is 87.3 Å². The number of fused-ring (bicyclic) bond motifs is 3. The van der Waals surface area contributed by atoms with E-state index >= 15 is 0 Å². The molecule has 5 rings (SSSR count). The van der Waals surface area contributed by atoms with Crippen LogP contribution in [0.2, 0.25) is 0 Å². The summed E-state index contributed by atoms with van der Waals surface area (Å²) >= 11 is 0. The van der Waals surface area contributed by atoms with Crippen molar-refractivity contribution >= 4 is 11.6 Å². The summed E-state index contributed by atoms with van der Waals surface area (Å²) < 4.78 is 45.7. The summed E-state index contributed by atoms with van der Waals surface area (Å²) in [5.74, 6) is -0.476. The minimum absolute atomic E-state index is 0.0721. The van der Waals surface area contributed by atoms with E-state index in [1.165, 1.54) is 17.7 Å². The number of nitrogens with zero attached hydrogens (tertiary/aromatic N) is 3. The molecule has 0 bridgehead atoms. The zero-order valence-corrected chi connectivity index (χ0v) is 21.1. The van der Waals surface area contributed by atoms with Gasteiger partial charge < -0.3 is 15.0 Å². The first kappa shape index (κ1) is 26.0. The molecule has 0 aliphatic carbocycles. The number of anilines is 1. The molecular formula is C28H35F3N4O2. The zero-order valence-electron chi connectivity index (χ0n) is 21.1. The number of benzene rings is 2. The fraction of sp³-hybridized carbons (Fsp3) is 0.536. The molecule has 0 unspecified atom stereocenters. The van der Waals surface area contributed by atoms with Gasteiger partial charge in [-0.3, -0.25) is 14.6 Å². The van der Waals surface area contributed by atoms with Crippen molar-refractivity contribution in [1.82, 2.24) is 15.1 Å². The number of hydrogen-bond acceptors (Lipinski definition) is 5. The van der Waals surface area contributed by atoms with Crippen LogP contribution in [0.5, 0.6) is 0 Å². The van der Waals surface area contributed by atoms with Gasteiger partial charge in [-0.05, 0) is 42.2 Å². The molecule has 2 fully saturated rings. The van der Waals surface area contributed by atoms with E-state index in [1.807, 2.05) is 18.2 Å². The Morgan fingerprint density at radius 1 is 0.973 bits per heavy atom. The summed E-state index contributed by atoms with van der Waals surface area (Å²) in [6.07, 6.45) is -3.16. The third-order valence-corrected chi connectivity index (χ3v) is 7.85. The standard InChI is InChI=1S/C28H35F3N4O2/c29-28(30,31)23-6-7-25-22(18-23)19-24(27(36)32-9-11-33-14-16-37-17-15-33)26-20-34(12-13-35(25)26)10-8-21-4-2-1-3-5-21/h1-7,18,24,26H,8-17,19-20H2,(H,32,36)/t24-,26+/m1/s1. The first-order valence-corrected chi connectivity index (χ1v) is 13.2. The highest BCUT2D eigenvalue weighted by Gasteiger charge is 2.42. The molecule has 3 aliphatic rings. The van der Waals surface area contributed by atoms with Gasteiger partial charge in [0.2, 0.25) is 5.91 Å². The molecule has 1 amide bonds. The number of hydrogen-bond donors (Lipinski definition) is 1. The molecule has 0 saturated carbocycles. The van der Waals surface area contributed by atoms with Crippen LogP contribution in [0.3, 0.4) is 0 Å². The molecular weight excluding hydrogens is 481 g/mol. The SMILES string of the molecule is O=C(NCCN1CCOCC1)[C@@H]1Cc2cc(C(F)(F)F)ccc2N2CCN(CCc3ccccc3)C[C@@H]12. The van der Waals surface area contributed by atoms with Gasteiger partial charge in [-0.1, -0.05) is 30.3 Å². The van der Waals surface area contributed by atoms with Crippen LogP contribution < -0.4 is 10.2 Å². The van der Waals surface area contributed by atoms with Gasteiger partial charge in [0.05, 0.1) is 30.7 Å². The molecule has 2 saturated heterocycles. The lowest BCUT2D eigenvalue weighted by molar-refractivity contribution is -0.137. The second-order valence-electron chi connectivity index (χ2n) is 10.2. The Bertz CT molecular complexity index is 1060. The number of amides is 1. The Balaban J connectivity index is 1.30. The summed E-state index contributed by atoms with van der Waals surface area (Å²) in [5.41, 5.74) is 2.06. The summed E-state index contributed by atoms with van der Waals surface area (Å²) in [6, 6.07) is 14.3. The number of alkyl halides is 3. The van der Waals surface area contributed by atoms with Crippen LogP contribution in [0.4, 0.5) is 18.9 Å². The molecule has 2 aromatic carbocycles. The molecule has 0 aromatic heterocycles.